The standard InChI is InChI=1S/C13H17ClN4O2/c1-19-11-6-9(5-10(14)13(11)20-2)7-15-4-3-12-16-8-17-18-12/h5-6,8,15H,3-4,7H2,1-2H3,(H,16,17,18). The van der Waals surface area contributed by atoms with E-state index in [1.54, 1.807) is 14.2 Å². The molecule has 0 unspecified atom stereocenters. The Morgan fingerprint density at radius 2 is 2.15 bits per heavy atom. The van der Waals surface area contributed by atoms with Crippen LogP contribution in [-0.2, 0) is 13.0 Å². The molecule has 0 aliphatic rings. The van der Waals surface area contributed by atoms with Crippen LogP contribution in [0.4, 0.5) is 0 Å². The summed E-state index contributed by atoms with van der Waals surface area (Å²) < 4.78 is 10.5. The number of H-pyrrole nitrogens is 1. The number of ether oxygens (including phenoxy) is 2. The molecule has 2 aromatic rings. The first-order valence-electron chi connectivity index (χ1n) is 6.20. The Kier molecular flexibility index (Phi) is 5.20. The van der Waals surface area contributed by atoms with E-state index in [1.165, 1.54) is 6.33 Å². The minimum Gasteiger partial charge on any atom is -0.493 e. The van der Waals surface area contributed by atoms with Gasteiger partial charge in [-0.3, -0.25) is 5.10 Å². The molecule has 6 nitrogen and oxygen atoms in total. The molecule has 20 heavy (non-hydrogen) atoms. The lowest BCUT2D eigenvalue weighted by Crippen LogP contribution is -2.17. The number of halogens is 1. The van der Waals surface area contributed by atoms with E-state index in [0.29, 0.717) is 23.1 Å². The molecule has 0 fully saturated rings. The van der Waals surface area contributed by atoms with Crippen LogP contribution >= 0.6 is 11.6 Å². The quantitative estimate of drug-likeness (QED) is 0.763. The van der Waals surface area contributed by atoms with Crippen molar-refractivity contribution in [1.29, 1.82) is 0 Å². The monoisotopic (exact) mass is 296 g/mol. The first-order chi connectivity index (χ1) is 9.74. The van der Waals surface area contributed by atoms with Gasteiger partial charge in [-0.15, -0.1) is 0 Å². The maximum atomic E-state index is 6.15. The molecule has 2 rings (SSSR count). The minimum atomic E-state index is 0.541. The van der Waals surface area contributed by atoms with Crippen molar-refractivity contribution in [3.8, 4) is 11.5 Å². The van der Waals surface area contributed by atoms with Gasteiger partial charge in [-0.1, -0.05) is 11.6 Å². The molecule has 0 saturated carbocycles. The summed E-state index contributed by atoms with van der Waals surface area (Å²) in [5, 5.41) is 10.5. The van der Waals surface area contributed by atoms with E-state index in [0.717, 1.165) is 24.4 Å². The van der Waals surface area contributed by atoms with Crippen LogP contribution in [0.2, 0.25) is 5.02 Å². The predicted molar refractivity (Wildman–Crippen MR) is 76.3 cm³/mol. The molecule has 7 heteroatoms. The van der Waals surface area contributed by atoms with Gasteiger partial charge in [0.15, 0.2) is 11.5 Å². The topological polar surface area (TPSA) is 72.1 Å². The Balaban J connectivity index is 1.91. The summed E-state index contributed by atoms with van der Waals surface area (Å²) in [5.41, 5.74) is 1.03. The lowest BCUT2D eigenvalue weighted by atomic mass is 10.2. The van der Waals surface area contributed by atoms with Crippen molar-refractivity contribution in [1.82, 2.24) is 20.5 Å². The maximum Gasteiger partial charge on any atom is 0.179 e. The van der Waals surface area contributed by atoms with Gasteiger partial charge in [0, 0.05) is 19.5 Å². The van der Waals surface area contributed by atoms with Gasteiger partial charge in [0.25, 0.3) is 0 Å². The zero-order valence-corrected chi connectivity index (χ0v) is 12.2. The summed E-state index contributed by atoms with van der Waals surface area (Å²) in [6.45, 7) is 1.48. The van der Waals surface area contributed by atoms with Crippen LogP contribution in [0.3, 0.4) is 0 Å². The number of rotatable bonds is 7. The number of hydrogen-bond donors (Lipinski definition) is 2. The summed E-state index contributed by atoms with van der Waals surface area (Å²) in [4.78, 5) is 4.06. The van der Waals surface area contributed by atoms with Gasteiger partial charge in [0.2, 0.25) is 0 Å². The number of methoxy groups -OCH3 is 2. The Hall–Kier alpha value is -1.79. The highest BCUT2D eigenvalue weighted by Gasteiger charge is 2.10. The minimum absolute atomic E-state index is 0.541. The summed E-state index contributed by atoms with van der Waals surface area (Å²) in [6.07, 6.45) is 2.30. The lowest BCUT2D eigenvalue weighted by Gasteiger charge is -2.12. The van der Waals surface area contributed by atoms with Crippen molar-refractivity contribution >= 4 is 11.6 Å². The summed E-state index contributed by atoms with van der Waals surface area (Å²) in [6, 6.07) is 3.77. The molecule has 1 heterocycles. The lowest BCUT2D eigenvalue weighted by molar-refractivity contribution is 0.354. The Bertz CT molecular complexity index is 546. The van der Waals surface area contributed by atoms with Crippen LogP contribution in [0.5, 0.6) is 11.5 Å². The van der Waals surface area contributed by atoms with Crippen LogP contribution in [0.25, 0.3) is 0 Å². The largest absolute Gasteiger partial charge is 0.493 e. The number of nitrogens with one attached hydrogen (secondary N) is 2. The fraction of sp³-hybridized carbons (Fsp3) is 0.385. The third-order valence-corrected chi connectivity index (χ3v) is 3.11. The van der Waals surface area contributed by atoms with Gasteiger partial charge in [-0.2, -0.15) is 5.10 Å². The van der Waals surface area contributed by atoms with Gasteiger partial charge >= 0.3 is 0 Å². The Morgan fingerprint density at radius 1 is 1.30 bits per heavy atom. The fourth-order valence-corrected chi connectivity index (χ4v) is 2.17. The Labute approximate surface area is 122 Å². The molecule has 0 saturated heterocycles. The number of aromatic nitrogens is 3. The smallest absolute Gasteiger partial charge is 0.179 e. The normalized spacial score (nSPS) is 10.6. The average Bonchev–Trinajstić information content (AvgIpc) is 2.96. The predicted octanol–water partition coefficient (Wildman–Crippen LogP) is 1.81. The van der Waals surface area contributed by atoms with Crippen molar-refractivity contribution in [2.45, 2.75) is 13.0 Å². The van der Waals surface area contributed by atoms with Crippen molar-refractivity contribution < 1.29 is 9.47 Å². The van der Waals surface area contributed by atoms with E-state index in [2.05, 4.69) is 20.5 Å². The molecule has 0 radical (unpaired) electrons. The molecule has 108 valence electrons. The van der Waals surface area contributed by atoms with Crippen molar-refractivity contribution in [2.24, 2.45) is 0 Å². The second-order valence-corrected chi connectivity index (χ2v) is 4.58. The third-order valence-electron chi connectivity index (χ3n) is 2.83. The molecular formula is C13H17ClN4O2. The summed E-state index contributed by atoms with van der Waals surface area (Å²) >= 11 is 6.15. The van der Waals surface area contributed by atoms with E-state index >= 15 is 0 Å². The maximum absolute atomic E-state index is 6.15. The van der Waals surface area contributed by atoms with Crippen molar-refractivity contribution in [2.75, 3.05) is 20.8 Å². The van der Waals surface area contributed by atoms with Crippen LogP contribution in [0, 0.1) is 0 Å². The SMILES string of the molecule is COc1cc(CNCCc2ncn[nH]2)cc(Cl)c1OC. The second kappa shape index (κ2) is 7.12. The van der Waals surface area contributed by atoms with Gasteiger partial charge < -0.3 is 14.8 Å². The number of hydrogen-bond acceptors (Lipinski definition) is 5. The van der Waals surface area contributed by atoms with E-state index < -0.39 is 0 Å². The number of aromatic amines is 1. The molecule has 0 amide bonds. The van der Waals surface area contributed by atoms with Crippen LogP contribution in [-0.4, -0.2) is 35.9 Å². The average molecular weight is 297 g/mol. The van der Waals surface area contributed by atoms with Gasteiger partial charge in [0.05, 0.1) is 19.2 Å². The molecule has 0 bridgehead atoms. The summed E-state index contributed by atoms with van der Waals surface area (Å²) in [5.74, 6) is 2.05. The van der Waals surface area contributed by atoms with Crippen LogP contribution in [0.15, 0.2) is 18.5 Å². The first-order valence-corrected chi connectivity index (χ1v) is 6.57. The summed E-state index contributed by atoms with van der Waals surface area (Å²) in [7, 11) is 3.16. The zero-order chi connectivity index (χ0) is 14.4. The number of nitrogens with zero attached hydrogens (tertiary/aromatic N) is 2. The molecule has 0 atom stereocenters. The van der Waals surface area contributed by atoms with E-state index in [1.807, 2.05) is 12.1 Å². The van der Waals surface area contributed by atoms with Crippen LogP contribution < -0.4 is 14.8 Å². The van der Waals surface area contributed by atoms with Gasteiger partial charge in [-0.05, 0) is 17.7 Å². The third kappa shape index (κ3) is 3.61. The highest BCUT2D eigenvalue weighted by molar-refractivity contribution is 6.32. The van der Waals surface area contributed by atoms with E-state index in [-0.39, 0.29) is 0 Å². The first kappa shape index (κ1) is 14.6. The molecule has 0 aliphatic carbocycles. The highest BCUT2D eigenvalue weighted by atomic mass is 35.5. The molecule has 2 N–H and O–H groups in total. The molecule has 0 spiro atoms. The molecule has 1 aromatic carbocycles. The molecule has 1 aromatic heterocycles. The molecule has 0 aliphatic heterocycles. The molecular weight excluding hydrogens is 280 g/mol. The highest BCUT2D eigenvalue weighted by Crippen LogP contribution is 2.35. The van der Waals surface area contributed by atoms with Crippen LogP contribution in [0.1, 0.15) is 11.4 Å². The second-order valence-electron chi connectivity index (χ2n) is 4.17. The van der Waals surface area contributed by atoms with Crippen molar-refractivity contribution in [3.63, 3.8) is 0 Å². The fourth-order valence-electron chi connectivity index (χ4n) is 1.86. The zero-order valence-electron chi connectivity index (χ0n) is 11.4. The Morgan fingerprint density at radius 3 is 2.80 bits per heavy atom. The van der Waals surface area contributed by atoms with Crippen molar-refractivity contribution in [3.05, 3.63) is 34.9 Å². The van der Waals surface area contributed by atoms with Gasteiger partial charge in [-0.25, -0.2) is 4.98 Å². The van der Waals surface area contributed by atoms with E-state index in [4.69, 9.17) is 21.1 Å². The van der Waals surface area contributed by atoms with E-state index in [9.17, 15) is 0 Å². The number of benzene rings is 1. The van der Waals surface area contributed by atoms with Gasteiger partial charge in [0.1, 0.15) is 12.2 Å².